The lowest BCUT2D eigenvalue weighted by Gasteiger charge is -2.36. The number of likely N-dealkylation sites (tertiary alicyclic amines) is 1. The van der Waals surface area contributed by atoms with Gasteiger partial charge in [0, 0.05) is 24.4 Å². The second-order valence-electron chi connectivity index (χ2n) is 4.97. The van der Waals surface area contributed by atoms with Crippen molar-refractivity contribution < 1.29 is 4.79 Å². The number of rotatable bonds is 5. The first kappa shape index (κ1) is 12.2. The van der Waals surface area contributed by atoms with Gasteiger partial charge in [0.15, 0.2) is 0 Å². The number of hydrogen-bond donors (Lipinski definition) is 1. The summed E-state index contributed by atoms with van der Waals surface area (Å²) in [6.07, 6.45) is 6.78. The largest absolute Gasteiger partial charge is 0.338 e. The maximum absolute atomic E-state index is 12.3. The van der Waals surface area contributed by atoms with Crippen LogP contribution in [0.5, 0.6) is 0 Å². The molecule has 2 atom stereocenters. The standard InChI is InChI=1S/C12H22N2OS/c1-9(8-16-2)14-7-3-4-11(12(14)15)13-10-5-6-10/h9-11,13H,3-8H2,1-2H3. The minimum Gasteiger partial charge on any atom is -0.338 e. The van der Waals surface area contributed by atoms with Gasteiger partial charge in [-0.2, -0.15) is 11.8 Å². The monoisotopic (exact) mass is 242 g/mol. The fraction of sp³-hybridized carbons (Fsp3) is 0.917. The Morgan fingerprint density at radius 3 is 2.88 bits per heavy atom. The Kier molecular flexibility index (Phi) is 4.14. The highest BCUT2D eigenvalue weighted by Crippen LogP contribution is 2.23. The zero-order valence-corrected chi connectivity index (χ0v) is 11.1. The second-order valence-corrected chi connectivity index (χ2v) is 5.88. The lowest BCUT2D eigenvalue weighted by molar-refractivity contribution is -0.137. The molecule has 0 radical (unpaired) electrons. The van der Waals surface area contributed by atoms with Crippen LogP contribution in [0.2, 0.25) is 0 Å². The topological polar surface area (TPSA) is 32.3 Å². The molecule has 1 aliphatic heterocycles. The molecule has 2 fully saturated rings. The highest BCUT2D eigenvalue weighted by Gasteiger charge is 2.34. The van der Waals surface area contributed by atoms with Gasteiger partial charge in [0.25, 0.3) is 0 Å². The molecule has 1 saturated heterocycles. The van der Waals surface area contributed by atoms with Crippen LogP contribution in [0.3, 0.4) is 0 Å². The fourth-order valence-corrected chi connectivity index (χ4v) is 3.02. The zero-order valence-electron chi connectivity index (χ0n) is 10.2. The molecule has 2 unspecified atom stereocenters. The van der Waals surface area contributed by atoms with Crippen LogP contribution in [0.4, 0.5) is 0 Å². The maximum atomic E-state index is 12.3. The first-order chi connectivity index (χ1) is 7.72. The fourth-order valence-electron chi connectivity index (χ4n) is 2.36. The third kappa shape index (κ3) is 2.92. The van der Waals surface area contributed by atoms with Gasteiger partial charge < -0.3 is 10.2 Å². The lowest BCUT2D eigenvalue weighted by atomic mass is 10.0. The number of amides is 1. The summed E-state index contributed by atoms with van der Waals surface area (Å²) in [5.74, 6) is 1.38. The molecule has 0 spiro atoms. The molecule has 0 aromatic heterocycles. The summed E-state index contributed by atoms with van der Waals surface area (Å²) in [4.78, 5) is 14.3. The third-order valence-corrected chi connectivity index (χ3v) is 4.24. The number of hydrogen-bond acceptors (Lipinski definition) is 3. The molecule has 3 nitrogen and oxygen atoms in total. The van der Waals surface area contributed by atoms with E-state index < -0.39 is 0 Å². The molecule has 2 rings (SSSR count). The van der Waals surface area contributed by atoms with Gasteiger partial charge >= 0.3 is 0 Å². The Balaban J connectivity index is 1.89. The summed E-state index contributed by atoms with van der Waals surface area (Å²) in [6.45, 7) is 3.11. The number of nitrogens with zero attached hydrogens (tertiary/aromatic N) is 1. The van der Waals surface area contributed by atoms with Crippen LogP contribution >= 0.6 is 11.8 Å². The molecule has 92 valence electrons. The molecule has 1 saturated carbocycles. The maximum Gasteiger partial charge on any atom is 0.239 e. The van der Waals surface area contributed by atoms with E-state index in [1.54, 1.807) is 0 Å². The van der Waals surface area contributed by atoms with E-state index in [4.69, 9.17) is 0 Å². The van der Waals surface area contributed by atoms with Crippen molar-refractivity contribution in [3.63, 3.8) is 0 Å². The summed E-state index contributed by atoms with van der Waals surface area (Å²) in [6, 6.07) is 1.11. The molecule has 16 heavy (non-hydrogen) atoms. The highest BCUT2D eigenvalue weighted by molar-refractivity contribution is 7.98. The SMILES string of the molecule is CSCC(C)N1CCCC(NC2CC2)C1=O. The van der Waals surface area contributed by atoms with Gasteiger partial charge in [0.05, 0.1) is 6.04 Å². The number of carbonyl (C=O) groups excluding carboxylic acids is 1. The van der Waals surface area contributed by atoms with Crippen molar-refractivity contribution in [2.24, 2.45) is 0 Å². The van der Waals surface area contributed by atoms with E-state index >= 15 is 0 Å². The Bertz CT molecular complexity index is 255. The zero-order chi connectivity index (χ0) is 11.5. The minimum atomic E-state index is 0.102. The molecule has 0 bridgehead atoms. The van der Waals surface area contributed by atoms with Crippen molar-refractivity contribution in [2.75, 3.05) is 18.6 Å². The van der Waals surface area contributed by atoms with Gasteiger partial charge in [-0.05, 0) is 38.9 Å². The molecule has 0 aromatic rings. The molecule has 0 aromatic carbocycles. The van der Waals surface area contributed by atoms with Crippen molar-refractivity contribution in [3.8, 4) is 0 Å². The first-order valence-electron chi connectivity index (χ1n) is 6.28. The van der Waals surface area contributed by atoms with E-state index in [9.17, 15) is 4.79 Å². The summed E-state index contributed by atoms with van der Waals surface area (Å²) in [5.41, 5.74) is 0. The molecular weight excluding hydrogens is 220 g/mol. The van der Waals surface area contributed by atoms with Crippen LogP contribution in [-0.4, -0.2) is 47.5 Å². The number of nitrogens with one attached hydrogen (secondary N) is 1. The van der Waals surface area contributed by atoms with E-state index in [2.05, 4.69) is 23.4 Å². The van der Waals surface area contributed by atoms with Gasteiger partial charge in [-0.1, -0.05) is 0 Å². The molecular formula is C12H22N2OS. The third-order valence-electron chi connectivity index (χ3n) is 3.43. The number of carbonyl (C=O) groups is 1. The second kappa shape index (κ2) is 5.41. The molecule has 1 amide bonds. The summed E-state index contributed by atoms with van der Waals surface area (Å²) >= 11 is 1.82. The van der Waals surface area contributed by atoms with E-state index in [-0.39, 0.29) is 6.04 Å². The Hall–Kier alpha value is -0.220. The number of thioether (sulfide) groups is 1. The Labute approximate surface area is 102 Å². The first-order valence-corrected chi connectivity index (χ1v) is 7.67. The van der Waals surface area contributed by atoms with Crippen LogP contribution in [-0.2, 0) is 4.79 Å². The minimum absolute atomic E-state index is 0.102. The van der Waals surface area contributed by atoms with Crippen LogP contribution in [0.15, 0.2) is 0 Å². The quantitative estimate of drug-likeness (QED) is 0.792. The van der Waals surface area contributed by atoms with E-state index in [1.807, 2.05) is 11.8 Å². The molecule has 1 heterocycles. The van der Waals surface area contributed by atoms with Gasteiger partial charge in [-0.25, -0.2) is 0 Å². The van der Waals surface area contributed by atoms with Crippen molar-refractivity contribution in [1.82, 2.24) is 10.2 Å². The lowest BCUT2D eigenvalue weighted by Crippen LogP contribution is -2.54. The van der Waals surface area contributed by atoms with Gasteiger partial charge in [0.1, 0.15) is 0 Å². The van der Waals surface area contributed by atoms with E-state index in [0.717, 1.165) is 25.1 Å². The average molecular weight is 242 g/mol. The molecule has 1 aliphatic carbocycles. The van der Waals surface area contributed by atoms with Crippen LogP contribution < -0.4 is 5.32 Å². The Morgan fingerprint density at radius 1 is 1.50 bits per heavy atom. The summed E-state index contributed by atoms with van der Waals surface area (Å²) in [7, 11) is 0. The van der Waals surface area contributed by atoms with Crippen LogP contribution in [0.25, 0.3) is 0 Å². The Morgan fingerprint density at radius 2 is 2.25 bits per heavy atom. The number of piperidine rings is 1. The van der Waals surface area contributed by atoms with Gasteiger partial charge in [-0.15, -0.1) is 0 Å². The van der Waals surface area contributed by atoms with E-state index in [0.29, 0.717) is 18.0 Å². The molecule has 2 aliphatic rings. The van der Waals surface area contributed by atoms with Crippen molar-refractivity contribution in [2.45, 2.75) is 50.7 Å². The summed E-state index contributed by atoms with van der Waals surface area (Å²) in [5, 5.41) is 3.47. The van der Waals surface area contributed by atoms with Gasteiger partial charge in [0.2, 0.25) is 5.91 Å². The smallest absolute Gasteiger partial charge is 0.239 e. The molecule has 4 heteroatoms. The van der Waals surface area contributed by atoms with Gasteiger partial charge in [-0.3, -0.25) is 4.79 Å². The van der Waals surface area contributed by atoms with E-state index in [1.165, 1.54) is 12.8 Å². The average Bonchev–Trinajstić information content (AvgIpc) is 3.05. The predicted octanol–water partition coefficient (Wildman–Crippen LogP) is 1.48. The van der Waals surface area contributed by atoms with Crippen molar-refractivity contribution >= 4 is 17.7 Å². The normalized spacial score (nSPS) is 28.2. The van der Waals surface area contributed by atoms with Crippen molar-refractivity contribution in [1.29, 1.82) is 0 Å². The summed E-state index contributed by atoms with van der Waals surface area (Å²) < 4.78 is 0. The van der Waals surface area contributed by atoms with Crippen molar-refractivity contribution in [3.05, 3.63) is 0 Å². The van der Waals surface area contributed by atoms with Crippen LogP contribution in [0, 0.1) is 0 Å². The predicted molar refractivity (Wildman–Crippen MR) is 68.7 cm³/mol. The molecule has 1 N–H and O–H groups in total. The van der Waals surface area contributed by atoms with Crippen LogP contribution in [0.1, 0.15) is 32.6 Å². The highest BCUT2D eigenvalue weighted by atomic mass is 32.2.